The number of carbonyl (C=O) groups excluding carboxylic acids is 1. The first-order chi connectivity index (χ1) is 5.74. The van der Waals surface area contributed by atoms with E-state index < -0.39 is 13.7 Å². The summed E-state index contributed by atoms with van der Waals surface area (Å²) in [6, 6.07) is 0. The fourth-order valence-electron chi connectivity index (χ4n) is 1.29. The molecule has 4 nitrogen and oxygen atoms in total. The van der Waals surface area contributed by atoms with Crippen LogP contribution < -0.4 is 0 Å². The molecule has 0 N–H and O–H groups in total. The predicted octanol–water partition coefficient (Wildman–Crippen LogP) is 2.19. The van der Waals surface area contributed by atoms with E-state index in [9.17, 15) is 9.36 Å². The van der Waals surface area contributed by atoms with Crippen LogP contribution in [0.1, 0.15) is 25.7 Å². The van der Waals surface area contributed by atoms with Crippen LogP contribution in [0, 0.1) is 0 Å². The molecule has 12 heavy (non-hydrogen) atoms. The van der Waals surface area contributed by atoms with Crippen molar-refractivity contribution in [2.75, 3.05) is 7.11 Å². The summed E-state index contributed by atoms with van der Waals surface area (Å²) in [7, 11) is -1.40. The zero-order valence-electron chi connectivity index (χ0n) is 7.04. The van der Waals surface area contributed by atoms with E-state index in [0.717, 1.165) is 25.7 Å². The highest BCUT2D eigenvalue weighted by molar-refractivity contribution is 7.58. The lowest BCUT2D eigenvalue weighted by atomic mass is 10.3. The van der Waals surface area contributed by atoms with Gasteiger partial charge in [0.1, 0.15) is 0 Å². The van der Waals surface area contributed by atoms with Gasteiger partial charge in [0.2, 0.25) is 0 Å². The van der Waals surface area contributed by atoms with Gasteiger partial charge in [-0.25, -0.2) is 4.79 Å². The Kier molecular flexibility index (Phi) is 3.76. The molecule has 0 saturated heterocycles. The third-order valence-corrected chi connectivity index (χ3v) is 3.01. The summed E-state index contributed by atoms with van der Waals surface area (Å²) in [5, 5.41) is 0. The highest BCUT2D eigenvalue weighted by Crippen LogP contribution is 2.33. The lowest BCUT2D eigenvalue weighted by Gasteiger charge is -2.08. The first-order valence-electron chi connectivity index (χ1n) is 4.03. The summed E-state index contributed by atoms with van der Waals surface area (Å²) in [5.74, 6) is 0. The van der Waals surface area contributed by atoms with Crippen LogP contribution in [0.15, 0.2) is 0 Å². The second kappa shape index (κ2) is 4.63. The largest absolute Gasteiger partial charge is 0.462 e. The van der Waals surface area contributed by atoms with Crippen molar-refractivity contribution in [3.8, 4) is 0 Å². The van der Waals surface area contributed by atoms with Gasteiger partial charge in [0.05, 0.1) is 13.2 Å². The monoisotopic (exact) mass is 192 g/mol. The fourth-order valence-corrected chi connectivity index (χ4v) is 2.09. The average molecular weight is 192 g/mol. The SMILES string of the molecule is COC(=O)[PH](=O)OC1CCCC1. The number of hydrogen-bond donors (Lipinski definition) is 0. The normalized spacial score (nSPS) is 20.8. The molecule has 0 amide bonds. The van der Waals surface area contributed by atoms with E-state index in [1.165, 1.54) is 7.11 Å². The van der Waals surface area contributed by atoms with Crippen molar-refractivity contribution in [1.82, 2.24) is 0 Å². The molecule has 1 saturated carbocycles. The van der Waals surface area contributed by atoms with Crippen LogP contribution in [0.4, 0.5) is 4.79 Å². The first kappa shape index (κ1) is 9.75. The number of methoxy groups -OCH3 is 1. The van der Waals surface area contributed by atoms with Crippen LogP contribution in [0.3, 0.4) is 0 Å². The van der Waals surface area contributed by atoms with Gasteiger partial charge in [-0.1, -0.05) is 12.8 Å². The molecule has 0 aromatic carbocycles. The van der Waals surface area contributed by atoms with Gasteiger partial charge in [-0.05, 0) is 12.8 Å². The Morgan fingerprint density at radius 3 is 2.50 bits per heavy atom. The standard InChI is InChI=1S/C7H13O4P/c1-10-7(8)12(9)11-6-4-2-3-5-6/h6,12H,2-5H2,1H3. The summed E-state index contributed by atoms with van der Waals surface area (Å²) in [6.07, 6.45) is 4.03. The van der Waals surface area contributed by atoms with Gasteiger partial charge < -0.3 is 9.26 Å². The third-order valence-electron chi connectivity index (χ3n) is 1.93. The van der Waals surface area contributed by atoms with Crippen molar-refractivity contribution in [2.45, 2.75) is 31.8 Å². The van der Waals surface area contributed by atoms with Gasteiger partial charge in [0.25, 0.3) is 8.03 Å². The third kappa shape index (κ3) is 2.61. The number of carbonyl (C=O) groups is 1. The molecule has 1 aliphatic rings. The van der Waals surface area contributed by atoms with Gasteiger partial charge >= 0.3 is 5.71 Å². The minimum absolute atomic E-state index is 0.00971. The number of rotatable bonds is 3. The van der Waals surface area contributed by atoms with Gasteiger partial charge in [0, 0.05) is 0 Å². The maximum atomic E-state index is 11.0. The lowest BCUT2D eigenvalue weighted by Crippen LogP contribution is -2.04. The van der Waals surface area contributed by atoms with E-state index >= 15 is 0 Å². The lowest BCUT2D eigenvalue weighted by molar-refractivity contribution is 0.180. The van der Waals surface area contributed by atoms with Crippen LogP contribution in [-0.4, -0.2) is 18.9 Å². The quantitative estimate of drug-likeness (QED) is 0.643. The van der Waals surface area contributed by atoms with Crippen LogP contribution in [-0.2, 0) is 13.8 Å². The molecule has 70 valence electrons. The Morgan fingerprint density at radius 1 is 1.42 bits per heavy atom. The maximum absolute atomic E-state index is 11.0. The molecule has 0 aromatic rings. The zero-order chi connectivity index (χ0) is 8.97. The zero-order valence-corrected chi connectivity index (χ0v) is 8.04. The molecule has 0 spiro atoms. The highest BCUT2D eigenvalue weighted by atomic mass is 31.1. The molecule has 0 aromatic heterocycles. The fraction of sp³-hybridized carbons (Fsp3) is 0.857. The van der Waals surface area contributed by atoms with Crippen LogP contribution >= 0.6 is 8.03 Å². The topological polar surface area (TPSA) is 52.6 Å². The van der Waals surface area contributed by atoms with E-state index in [1.807, 2.05) is 0 Å². The molecule has 0 radical (unpaired) electrons. The Hall–Kier alpha value is -0.340. The summed E-state index contributed by atoms with van der Waals surface area (Å²) in [5.41, 5.74) is -0.730. The highest BCUT2D eigenvalue weighted by Gasteiger charge is 2.21. The van der Waals surface area contributed by atoms with Gasteiger partial charge in [-0.15, -0.1) is 0 Å². The molecule has 1 atom stereocenters. The van der Waals surface area contributed by atoms with Gasteiger partial charge in [-0.3, -0.25) is 4.57 Å². The second-order valence-electron chi connectivity index (χ2n) is 2.80. The molecule has 1 rings (SSSR count). The predicted molar refractivity (Wildman–Crippen MR) is 44.7 cm³/mol. The molecule has 1 aliphatic carbocycles. The average Bonchev–Trinajstić information content (AvgIpc) is 2.55. The minimum atomic E-state index is -2.61. The maximum Gasteiger partial charge on any atom is 0.388 e. The first-order valence-corrected chi connectivity index (χ1v) is 5.34. The number of hydrogen-bond acceptors (Lipinski definition) is 4. The van der Waals surface area contributed by atoms with Gasteiger partial charge in [0.15, 0.2) is 0 Å². The Bertz CT molecular complexity index is 186. The van der Waals surface area contributed by atoms with Crippen molar-refractivity contribution in [1.29, 1.82) is 0 Å². The molecule has 0 bridgehead atoms. The molecule has 0 heterocycles. The molecule has 1 fully saturated rings. The molecular weight excluding hydrogens is 179 g/mol. The van der Waals surface area contributed by atoms with E-state index in [1.54, 1.807) is 0 Å². The van der Waals surface area contributed by atoms with E-state index in [-0.39, 0.29) is 6.10 Å². The summed E-state index contributed by atoms with van der Waals surface area (Å²) < 4.78 is 20.3. The van der Waals surface area contributed by atoms with Crippen LogP contribution in [0.2, 0.25) is 0 Å². The van der Waals surface area contributed by atoms with E-state index in [4.69, 9.17) is 4.52 Å². The molecule has 0 aliphatic heterocycles. The van der Waals surface area contributed by atoms with Crippen molar-refractivity contribution < 1.29 is 18.6 Å². The number of ether oxygens (including phenoxy) is 1. The molecular formula is C7H13O4P. The van der Waals surface area contributed by atoms with Crippen molar-refractivity contribution in [2.24, 2.45) is 0 Å². The van der Waals surface area contributed by atoms with Crippen LogP contribution in [0.25, 0.3) is 0 Å². The summed E-state index contributed by atoms with van der Waals surface area (Å²) >= 11 is 0. The molecule has 1 unspecified atom stereocenters. The molecule has 5 heteroatoms. The Morgan fingerprint density at radius 2 is 2.00 bits per heavy atom. The Labute approximate surface area is 72.1 Å². The van der Waals surface area contributed by atoms with Gasteiger partial charge in [-0.2, -0.15) is 0 Å². The van der Waals surface area contributed by atoms with Crippen molar-refractivity contribution in [3.05, 3.63) is 0 Å². The van der Waals surface area contributed by atoms with E-state index in [0.29, 0.717) is 0 Å². The van der Waals surface area contributed by atoms with E-state index in [2.05, 4.69) is 4.74 Å². The smallest absolute Gasteiger partial charge is 0.388 e. The van der Waals surface area contributed by atoms with Crippen molar-refractivity contribution in [3.63, 3.8) is 0 Å². The summed E-state index contributed by atoms with van der Waals surface area (Å²) in [4.78, 5) is 10.7. The Balaban J connectivity index is 2.29. The van der Waals surface area contributed by atoms with Crippen LogP contribution in [0.5, 0.6) is 0 Å². The second-order valence-corrected chi connectivity index (χ2v) is 4.02. The van der Waals surface area contributed by atoms with Crippen molar-refractivity contribution >= 4 is 13.7 Å². The summed E-state index contributed by atoms with van der Waals surface area (Å²) in [6.45, 7) is 0. The minimum Gasteiger partial charge on any atom is -0.462 e.